The molecule has 1 rings (SSSR count). The van der Waals surface area contributed by atoms with Crippen LogP contribution in [0.4, 0.5) is 0 Å². The molecule has 94 valence electrons. The third-order valence-corrected chi connectivity index (χ3v) is 2.20. The number of hydrogen-bond acceptors (Lipinski definition) is 5. The molecule has 1 unspecified atom stereocenters. The first kappa shape index (κ1) is 13.4. The summed E-state index contributed by atoms with van der Waals surface area (Å²) in [6, 6.07) is 0. The first-order chi connectivity index (χ1) is 7.83. The number of carbonyl (C=O) groups excluding carboxylic acids is 1. The minimum absolute atomic E-state index is 0.0664. The molecule has 6 heteroatoms. The molecule has 1 aliphatic heterocycles. The standard InChI is InChI=1S/C10H20N2O4/c1-14-4-5-15-8-10(13)12-7-9-6-11-2-3-16-9/h9,11H,2-8H2,1H3,(H,12,13). The zero-order valence-electron chi connectivity index (χ0n) is 9.66. The van der Waals surface area contributed by atoms with Gasteiger partial charge in [0, 0.05) is 26.7 Å². The minimum Gasteiger partial charge on any atom is -0.382 e. The number of hydrogen-bond donors (Lipinski definition) is 2. The van der Waals surface area contributed by atoms with Gasteiger partial charge >= 0.3 is 0 Å². The van der Waals surface area contributed by atoms with Crippen LogP contribution < -0.4 is 10.6 Å². The van der Waals surface area contributed by atoms with Crippen molar-refractivity contribution >= 4 is 5.91 Å². The molecule has 1 aliphatic rings. The van der Waals surface area contributed by atoms with Crippen molar-refractivity contribution in [3.8, 4) is 0 Å². The van der Waals surface area contributed by atoms with Gasteiger partial charge in [-0.25, -0.2) is 0 Å². The van der Waals surface area contributed by atoms with Gasteiger partial charge < -0.3 is 24.8 Å². The fourth-order valence-corrected chi connectivity index (χ4v) is 1.34. The Hall–Kier alpha value is -0.690. The predicted octanol–water partition coefficient (Wildman–Crippen LogP) is -1.25. The van der Waals surface area contributed by atoms with Crippen molar-refractivity contribution in [1.29, 1.82) is 0 Å². The molecule has 0 spiro atoms. The van der Waals surface area contributed by atoms with Crippen LogP contribution in [0.1, 0.15) is 0 Å². The summed E-state index contributed by atoms with van der Waals surface area (Å²) in [6.45, 7) is 3.90. The number of carbonyl (C=O) groups is 1. The number of nitrogens with one attached hydrogen (secondary N) is 2. The molecular formula is C10H20N2O4. The molecule has 0 saturated carbocycles. The van der Waals surface area contributed by atoms with Gasteiger partial charge in [0.2, 0.25) is 5.91 Å². The zero-order valence-corrected chi connectivity index (χ0v) is 9.66. The van der Waals surface area contributed by atoms with Crippen molar-refractivity contribution in [3.63, 3.8) is 0 Å². The summed E-state index contributed by atoms with van der Waals surface area (Å²) >= 11 is 0. The molecule has 1 atom stereocenters. The lowest BCUT2D eigenvalue weighted by atomic mass is 10.3. The van der Waals surface area contributed by atoms with E-state index in [1.807, 2.05) is 0 Å². The number of methoxy groups -OCH3 is 1. The normalized spacial score (nSPS) is 20.7. The largest absolute Gasteiger partial charge is 0.382 e. The quantitative estimate of drug-likeness (QED) is 0.537. The first-order valence-electron chi connectivity index (χ1n) is 5.48. The lowest BCUT2D eigenvalue weighted by Crippen LogP contribution is -2.45. The Kier molecular flexibility index (Phi) is 7.07. The highest BCUT2D eigenvalue weighted by atomic mass is 16.5. The van der Waals surface area contributed by atoms with Gasteiger partial charge in [-0.15, -0.1) is 0 Å². The van der Waals surface area contributed by atoms with Crippen LogP contribution in [0.3, 0.4) is 0 Å². The van der Waals surface area contributed by atoms with Gasteiger partial charge in [0.05, 0.1) is 25.9 Å². The summed E-state index contributed by atoms with van der Waals surface area (Å²) in [4.78, 5) is 11.3. The summed E-state index contributed by atoms with van der Waals surface area (Å²) in [6.07, 6.45) is 0.0664. The fraction of sp³-hybridized carbons (Fsp3) is 0.900. The first-order valence-corrected chi connectivity index (χ1v) is 5.48. The molecule has 1 heterocycles. The van der Waals surface area contributed by atoms with Gasteiger partial charge in [0.15, 0.2) is 0 Å². The molecule has 1 saturated heterocycles. The van der Waals surface area contributed by atoms with Crippen molar-refractivity contribution < 1.29 is 19.0 Å². The van der Waals surface area contributed by atoms with Crippen LogP contribution in [0.5, 0.6) is 0 Å². The molecule has 2 N–H and O–H groups in total. The predicted molar refractivity (Wildman–Crippen MR) is 58.3 cm³/mol. The van der Waals surface area contributed by atoms with Crippen LogP contribution in [0, 0.1) is 0 Å². The fourth-order valence-electron chi connectivity index (χ4n) is 1.34. The molecule has 0 bridgehead atoms. The Morgan fingerprint density at radius 3 is 3.12 bits per heavy atom. The maximum absolute atomic E-state index is 11.3. The molecule has 0 aromatic rings. The van der Waals surface area contributed by atoms with Crippen LogP contribution in [0.25, 0.3) is 0 Å². The SMILES string of the molecule is COCCOCC(=O)NCC1CNCCO1. The Labute approximate surface area is 95.6 Å². The van der Waals surface area contributed by atoms with E-state index in [4.69, 9.17) is 14.2 Å². The second-order valence-electron chi connectivity index (χ2n) is 3.55. The number of amides is 1. The zero-order chi connectivity index (χ0) is 11.6. The number of morpholine rings is 1. The van der Waals surface area contributed by atoms with Crippen LogP contribution in [0.15, 0.2) is 0 Å². The van der Waals surface area contributed by atoms with Crippen LogP contribution >= 0.6 is 0 Å². The van der Waals surface area contributed by atoms with E-state index >= 15 is 0 Å². The number of rotatable bonds is 7. The smallest absolute Gasteiger partial charge is 0.246 e. The van der Waals surface area contributed by atoms with E-state index in [1.54, 1.807) is 7.11 Å². The van der Waals surface area contributed by atoms with E-state index in [9.17, 15) is 4.79 Å². The Morgan fingerprint density at radius 1 is 1.56 bits per heavy atom. The molecule has 6 nitrogen and oxygen atoms in total. The van der Waals surface area contributed by atoms with Crippen LogP contribution in [0.2, 0.25) is 0 Å². The van der Waals surface area contributed by atoms with Gasteiger partial charge in [-0.05, 0) is 0 Å². The average Bonchev–Trinajstić information content (AvgIpc) is 2.33. The summed E-state index contributed by atoms with van der Waals surface area (Å²) < 4.78 is 15.3. The van der Waals surface area contributed by atoms with E-state index in [2.05, 4.69) is 10.6 Å². The number of ether oxygens (including phenoxy) is 3. The van der Waals surface area contributed by atoms with E-state index in [-0.39, 0.29) is 18.6 Å². The molecule has 0 radical (unpaired) electrons. The molecule has 0 aliphatic carbocycles. The van der Waals surface area contributed by atoms with Gasteiger partial charge in [0.25, 0.3) is 0 Å². The van der Waals surface area contributed by atoms with Crippen molar-refractivity contribution in [2.75, 3.05) is 53.2 Å². The van der Waals surface area contributed by atoms with E-state index in [1.165, 1.54) is 0 Å². The van der Waals surface area contributed by atoms with Crippen molar-refractivity contribution in [1.82, 2.24) is 10.6 Å². The van der Waals surface area contributed by atoms with Crippen molar-refractivity contribution in [2.45, 2.75) is 6.10 Å². The Balaban J connectivity index is 1.96. The van der Waals surface area contributed by atoms with E-state index < -0.39 is 0 Å². The summed E-state index contributed by atoms with van der Waals surface area (Å²) in [5, 5.41) is 5.95. The maximum Gasteiger partial charge on any atom is 0.246 e. The summed E-state index contributed by atoms with van der Waals surface area (Å²) in [7, 11) is 1.59. The molecule has 1 fully saturated rings. The van der Waals surface area contributed by atoms with Gasteiger partial charge in [-0.3, -0.25) is 4.79 Å². The van der Waals surface area contributed by atoms with Crippen molar-refractivity contribution in [2.24, 2.45) is 0 Å². The maximum atomic E-state index is 11.3. The molecule has 16 heavy (non-hydrogen) atoms. The minimum atomic E-state index is -0.120. The van der Waals surface area contributed by atoms with E-state index in [0.717, 1.165) is 13.1 Å². The second kappa shape index (κ2) is 8.46. The average molecular weight is 232 g/mol. The van der Waals surface area contributed by atoms with Gasteiger partial charge in [-0.2, -0.15) is 0 Å². The third kappa shape index (κ3) is 6.02. The third-order valence-electron chi connectivity index (χ3n) is 2.20. The van der Waals surface area contributed by atoms with Gasteiger partial charge in [-0.1, -0.05) is 0 Å². The van der Waals surface area contributed by atoms with E-state index in [0.29, 0.717) is 26.4 Å². The van der Waals surface area contributed by atoms with Crippen LogP contribution in [-0.4, -0.2) is 65.2 Å². The Bertz CT molecular complexity index is 195. The summed E-state index contributed by atoms with van der Waals surface area (Å²) in [5.41, 5.74) is 0. The highest BCUT2D eigenvalue weighted by Gasteiger charge is 2.13. The highest BCUT2D eigenvalue weighted by molar-refractivity contribution is 5.77. The molecule has 1 amide bonds. The monoisotopic (exact) mass is 232 g/mol. The molecule has 0 aromatic carbocycles. The topological polar surface area (TPSA) is 68.8 Å². The van der Waals surface area contributed by atoms with Gasteiger partial charge in [0.1, 0.15) is 6.61 Å². The lowest BCUT2D eigenvalue weighted by Gasteiger charge is -2.23. The lowest BCUT2D eigenvalue weighted by molar-refractivity contribution is -0.126. The van der Waals surface area contributed by atoms with Crippen molar-refractivity contribution in [3.05, 3.63) is 0 Å². The summed E-state index contributed by atoms with van der Waals surface area (Å²) in [5.74, 6) is -0.120. The second-order valence-corrected chi connectivity index (χ2v) is 3.55. The highest BCUT2D eigenvalue weighted by Crippen LogP contribution is 1.93. The molecular weight excluding hydrogens is 212 g/mol. The molecule has 0 aromatic heterocycles. The van der Waals surface area contributed by atoms with Crippen LogP contribution in [-0.2, 0) is 19.0 Å². The Morgan fingerprint density at radius 2 is 2.44 bits per heavy atom.